The molecule has 0 radical (unpaired) electrons. The molecule has 1 atom stereocenters. The maximum Gasteiger partial charge on any atom is 0.244 e. The van der Waals surface area contributed by atoms with E-state index in [1.54, 1.807) is 30.1 Å². The third-order valence-electron chi connectivity index (χ3n) is 3.94. The molecule has 4 heteroatoms. The minimum Gasteiger partial charge on any atom is -0.508 e. The first kappa shape index (κ1) is 17.0. The Labute approximate surface area is 138 Å². The zero-order valence-corrected chi connectivity index (χ0v) is 14.2. The average Bonchev–Trinajstić information content (AvgIpc) is 2.49. The van der Waals surface area contributed by atoms with Crippen LogP contribution in [0.3, 0.4) is 0 Å². The van der Waals surface area contributed by atoms with Gasteiger partial charge in [-0.25, -0.2) is 0 Å². The minimum absolute atomic E-state index is 0.0349. The molecule has 4 nitrogen and oxygen atoms in total. The summed E-state index contributed by atoms with van der Waals surface area (Å²) in [6.45, 7) is 2.48. The molecule has 0 saturated heterocycles. The highest BCUT2D eigenvalue weighted by Gasteiger charge is 2.27. The van der Waals surface area contributed by atoms with Crippen LogP contribution in [0.5, 0.6) is 5.75 Å². The molecule has 1 N–H and O–H groups in total. The second kappa shape index (κ2) is 7.29. The summed E-state index contributed by atoms with van der Waals surface area (Å²) in [5.74, 6) is 0.249. The number of hydrogen-bond donors (Lipinski definition) is 1. The molecule has 122 valence electrons. The van der Waals surface area contributed by atoms with E-state index in [-0.39, 0.29) is 17.7 Å². The SMILES string of the molecule is Cc1ccccc1[C@@H](C(=O)N(C)Cc1cccc(O)c1)N(C)C. The Morgan fingerprint density at radius 3 is 2.39 bits per heavy atom. The summed E-state index contributed by atoms with van der Waals surface area (Å²) in [5, 5.41) is 9.56. The first-order valence-corrected chi connectivity index (χ1v) is 7.65. The number of benzene rings is 2. The van der Waals surface area contributed by atoms with Gasteiger partial charge < -0.3 is 10.0 Å². The Kier molecular flexibility index (Phi) is 5.40. The molecule has 2 aromatic carbocycles. The van der Waals surface area contributed by atoms with Crippen molar-refractivity contribution in [2.24, 2.45) is 0 Å². The predicted molar refractivity (Wildman–Crippen MR) is 92.2 cm³/mol. The fourth-order valence-corrected chi connectivity index (χ4v) is 2.74. The van der Waals surface area contributed by atoms with Crippen molar-refractivity contribution in [3.8, 4) is 5.75 Å². The molecule has 0 spiro atoms. The molecule has 0 aliphatic heterocycles. The van der Waals surface area contributed by atoms with E-state index < -0.39 is 0 Å². The molecule has 0 unspecified atom stereocenters. The van der Waals surface area contributed by atoms with Gasteiger partial charge >= 0.3 is 0 Å². The number of hydrogen-bond acceptors (Lipinski definition) is 3. The van der Waals surface area contributed by atoms with Crippen LogP contribution >= 0.6 is 0 Å². The number of phenolic OH excluding ortho intramolecular Hbond substituents is 1. The Morgan fingerprint density at radius 1 is 1.09 bits per heavy atom. The summed E-state index contributed by atoms with van der Waals surface area (Å²) >= 11 is 0. The average molecular weight is 312 g/mol. The maximum atomic E-state index is 12.9. The van der Waals surface area contributed by atoms with Crippen LogP contribution in [0.2, 0.25) is 0 Å². The Bertz CT molecular complexity index is 683. The van der Waals surface area contributed by atoms with Crippen molar-refractivity contribution in [1.82, 2.24) is 9.80 Å². The lowest BCUT2D eigenvalue weighted by atomic mass is 9.99. The monoisotopic (exact) mass is 312 g/mol. The van der Waals surface area contributed by atoms with Crippen LogP contribution in [0, 0.1) is 6.92 Å². The standard InChI is InChI=1S/C19H24N2O2/c1-14-8-5-6-11-17(14)18(20(2)3)19(23)21(4)13-15-9-7-10-16(22)12-15/h5-12,18,22H,13H2,1-4H3/t18-/m0/s1. The summed E-state index contributed by atoms with van der Waals surface area (Å²) < 4.78 is 0. The molecule has 1 amide bonds. The van der Waals surface area contributed by atoms with E-state index in [9.17, 15) is 9.90 Å². The second-order valence-electron chi connectivity index (χ2n) is 6.09. The van der Waals surface area contributed by atoms with E-state index in [1.807, 2.05) is 56.3 Å². The molecular weight excluding hydrogens is 288 g/mol. The molecule has 0 aliphatic rings. The van der Waals surface area contributed by atoms with E-state index in [1.165, 1.54) is 0 Å². The van der Waals surface area contributed by atoms with Crippen molar-refractivity contribution in [2.75, 3.05) is 21.1 Å². The lowest BCUT2D eigenvalue weighted by Gasteiger charge is -2.29. The smallest absolute Gasteiger partial charge is 0.244 e. The molecular formula is C19H24N2O2. The number of nitrogens with zero attached hydrogens (tertiary/aromatic N) is 2. The van der Waals surface area contributed by atoms with Crippen molar-refractivity contribution in [3.63, 3.8) is 0 Å². The summed E-state index contributed by atoms with van der Waals surface area (Å²) in [5.41, 5.74) is 3.03. The topological polar surface area (TPSA) is 43.8 Å². The van der Waals surface area contributed by atoms with Gasteiger partial charge in [-0.05, 0) is 49.8 Å². The van der Waals surface area contributed by atoms with Gasteiger partial charge in [0.2, 0.25) is 5.91 Å². The van der Waals surface area contributed by atoms with Crippen molar-refractivity contribution in [2.45, 2.75) is 19.5 Å². The normalized spacial score (nSPS) is 12.2. The summed E-state index contributed by atoms with van der Waals surface area (Å²) in [6.07, 6.45) is 0. The van der Waals surface area contributed by atoms with Gasteiger partial charge in [0.05, 0.1) is 0 Å². The van der Waals surface area contributed by atoms with Gasteiger partial charge in [0.15, 0.2) is 0 Å². The van der Waals surface area contributed by atoms with Crippen LogP contribution in [0.4, 0.5) is 0 Å². The first-order valence-electron chi connectivity index (χ1n) is 7.65. The van der Waals surface area contributed by atoms with E-state index in [2.05, 4.69) is 0 Å². The Morgan fingerprint density at radius 2 is 1.78 bits per heavy atom. The van der Waals surface area contributed by atoms with Crippen molar-refractivity contribution in [3.05, 3.63) is 65.2 Å². The highest BCUT2D eigenvalue weighted by atomic mass is 16.3. The fourth-order valence-electron chi connectivity index (χ4n) is 2.74. The first-order chi connectivity index (χ1) is 10.9. The predicted octanol–water partition coefficient (Wildman–Crippen LogP) is 2.96. The number of likely N-dealkylation sites (N-methyl/N-ethyl adjacent to an activating group) is 2. The molecule has 0 aliphatic carbocycles. The molecule has 0 heterocycles. The van der Waals surface area contributed by atoms with E-state index >= 15 is 0 Å². The van der Waals surface area contributed by atoms with Crippen molar-refractivity contribution >= 4 is 5.91 Å². The summed E-state index contributed by atoms with van der Waals surface area (Å²) in [6, 6.07) is 14.6. The van der Waals surface area contributed by atoms with Crippen molar-refractivity contribution in [1.29, 1.82) is 0 Å². The van der Waals surface area contributed by atoms with Crippen LogP contribution in [0.25, 0.3) is 0 Å². The number of aromatic hydroxyl groups is 1. The second-order valence-corrected chi connectivity index (χ2v) is 6.09. The fraction of sp³-hybridized carbons (Fsp3) is 0.316. The molecule has 0 fully saturated rings. The molecule has 2 aromatic rings. The molecule has 23 heavy (non-hydrogen) atoms. The molecule has 0 saturated carbocycles. The van der Waals surface area contributed by atoms with Gasteiger partial charge in [0, 0.05) is 13.6 Å². The van der Waals surface area contributed by atoms with Crippen LogP contribution < -0.4 is 0 Å². The Balaban J connectivity index is 2.22. The van der Waals surface area contributed by atoms with Gasteiger partial charge in [-0.2, -0.15) is 0 Å². The van der Waals surface area contributed by atoms with Crippen LogP contribution in [-0.2, 0) is 11.3 Å². The molecule has 2 rings (SSSR count). The zero-order chi connectivity index (χ0) is 17.0. The number of rotatable bonds is 5. The van der Waals surface area contributed by atoms with E-state index in [0.717, 1.165) is 16.7 Å². The minimum atomic E-state index is -0.321. The Hall–Kier alpha value is -2.33. The third-order valence-corrected chi connectivity index (χ3v) is 3.94. The van der Waals surface area contributed by atoms with Crippen LogP contribution in [0.15, 0.2) is 48.5 Å². The number of carbonyl (C=O) groups is 1. The lowest BCUT2D eigenvalue weighted by Crippen LogP contribution is -2.38. The van der Waals surface area contributed by atoms with Gasteiger partial charge in [0.25, 0.3) is 0 Å². The number of amides is 1. The van der Waals surface area contributed by atoms with E-state index in [0.29, 0.717) is 6.54 Å². The van der Waals surface area contributed by atoms with Crippen molar-refractivity contribution < 1.29 is 9.90 Å². The number of phenols is 1. The largest absolute Gasteiger partial charge is 0.508 e. The summed E-state index contributed by atoms with van der Waals surface area (Å²) in [7, 11) is 5.62. The highest BCUT2D eigenvalue weighted by Crippen LogP contribution is 2.24. The summed E-state index contributed by atoms with van der Waals surface area (Å²) in [4.78, 5) is 16.6. The third kappa shape index (κ3) is 4.11. The number of carbonyl (C=O) groups excluding carboxylic acids is 1. The quantitative estimate of drug-likeness (QED) is 0.923. The zero-order valence-electron chi connectivity index (χ0n) is 14.2. The molecule has 0 bridgehead atoms. The lowest BCUT2D eigenvalue weighted by molar-refractivity contribution is -0.135. The van der Waals surface area contributed by atoms with Gasteiger partial charge in [-0.3, -0.25) is 9.69 Å². The van der Waals surface area contributed by atoms with E-state index in [4.69, 9.17) is 0 Å². The van der Waals surface area contributed by atoms with Gasteiger partial charge in [-0.15, -0.1) is 0 Å². The van der Waals surface area contributed by atoms with Crippen LogP contribution in [0.1, 0.15) is 22.7 Å². The van der Waals surface area contributed by atoms with Gasteiger partial charge in [-0.1, -0.05) is 36.4 Å². The highest BCUT2D eigenvalue weighted by molar-refractivity contribution is 5.83. The maximum absolute atomic E-state index is 12.9. The van der Waals surface area contributed by atoms with Gasteiger partial charge in [0.1, 0.15) is 11.8 Å². The molecule has 0 aromatic heterocycles. The van der Waals surface area contributed by atoms with Crippen LogP contribution in [-0.4, -0.2) is 42.0 Å². The number of aryl methyl sites for hydroxylation is 1.